The van der Waals surface area contributed by atoms with E-state index in [1.165, 1.54) is 12.1 Å². The van der Waals surface area contributed by atoms with E-state index < -0.39 is 17.7 Å². The van der Waals surface area contributed by atoms with Crippen molar-refractivity contribution >= 4 is 34.4 Å². The van der Waals surface area contributed by atoms with Gasteiger partial charge in [0.2, 0.25) is 0 Å². The molecule has 8 heteroatoms. The first-order chi connectivity index (χ1) is 14.0. The second kappa shape index (κ2) is 8.92. The van der Waals surface area contributed by atoms with Gasteiger partial charge in [0, 0.05) is 41.5 Å². The zero-order valence-corrected chi connectivity index (χ0v) is 16.0. The number of hydrogen-bond donors (Lipinski definition) is 2. The van der Waals surface area contributed by atoms with Crippen LogP contribution in [0.2, 0.25) is 0 Å². The SMILES string of the molecule is CCOC(=O)Nc1ccc2c(COC(=O)c3ccccc3NC)cc(=O)oc2c1. The van der Waals surface area contributed by atoms with E-state index in [0.717, 1.165) is 0 Å². The summed E-state index contributed by atoms with van der Waals surface area (Å²) in [4.78, 5) is 35.9. The van der Waals surface area contributed by atoms with Gasteiger partial charge in [0.25, 0.3) is 0 Å². The lowest BCUT2D eigenvalue weighted by atomic mass is 10.1. The van der Waals surface area contributed by atoms with Gasteiger partial charge in [0.05, 0.1) is 12.2 Å². The molecule has 0 saturated carbocycles. The standard InChI is InChI=1S/C21H20N2O6/c1-3-27-21(26)23-14-8-9-15-13(10-19(24)29-18(15)11-14)12-28-20(25)16-6-4-5-7-17(16)22-2/h4-11,22H,3,12H2,1-2H3,(H,23,26). The van der Waals surface area contributed by atoms with Crippen LogP contribution in [0.4, 0.5) is 16.2 Å². The molecule has 150 valence electrons. The number of hydrogen-bond acceptors (Lipinski definition) is 7. The number of benzene rings is 2. The van der Waals surface area contributed by atoms with Crippen molar-refractivity contribution in [3.8, 4) is 0 Å². The maximum absolute atomic E-state index is 12.4. The monoisotopic (exact) mass is 396 g/mol. The van der Waals surface area contributed by atoms with Gasteiger partial charge >= 0.3 is 17.7 Å². The topological polar surface area (TPSA) is 107 Å². The van der Waals surface area contributed by atoms with Gasteiger partial charge in [-0.1, -0.05) is 12.1 Å². The molecule has 8 nitrogen and oxygen atoms in total. The van der Waals surface area contributed by atoms with Crippen molar-refractivity contribution in [1.29, 1.82) is 0 Å². The summed E-state index contributed by atoms with van der Waals surface area (Å²) in [6, 6.07) is 13.1. The van der Waals surface area contributed by atoms with E-state index in [2.05, 4.69) is 10.6 Å². The van der Waals surface area contributed by atoms with Crippen molar-refractivity contribution in [2.45, 2.75) is 13.5 Å². The molecule has 2 aromatic carbocycles. The molecule has 2 N–H and O–H groups in total. The molecular weight excluding hydrogens is 376 g/mol. The minimum absolute atomic E-state index is 0.108. The summed E-state index contributed by atoms with van der Waals surface area (Å²) in [5.41, 5.74) is 1.61. The molecule has 0 aliphatic rings. The third kappa shape index (κ3) is 4.73. The number of rotatable bonds is 6. The average molecular weight is 396 g/mol. The van der Waals surface area contributed by atoms with E-state index in [4.69, 9.17) is 13.9 Å². The Hall–Kier alpha value is -3.81. The molecule has 0 spiro atoms. The normalized spacial score (nSPS) is 10.4. The van der Waals surface area contributed by atoms with Gasteiger partial charge < -0.3 is 19.2 Å². The highest BCUT2D eigenvalue weighted by Crippen LogP contribution is 2.23. The van der Waals surface area contributed by atoms with Crippen molar-refractivity contribution < 1.29 is 23.5 Å². The molecule has 3 rings (SSSR count). The Morgan fingerprint density at radius 2 is 1.86 bits per heavy atom. The third-order valence-corrected chi connectivity index (χ3v) is 4.13. The Balaban J connectivity index is 1.83. The molecule has 3 aromatic rings. The summed E-state index contributed by atoms with van der Waals surface area (Å²) in [5, 5.41) is 6.07. The summed E-state index contributed by atoms with van der Waals surface area (Å²) in [7, 11) is 1.71. The summed E-state index contributed by atoms with van der Waals surface area (Å²) < 4.78 is 15.4. The number of carbonyl (C=O) groups is 2. The van der Waals surface area contributed by atoms with Crippen molar-refractivity contribution in [3.63, 3.8) is 0 Å². The van der Waals surface area contributed by atoms with Crippen LogP contribution in [0.25, 0.3) is 11.0 Å². The smallest absolute Gasteiger partial charge is 0.411 e. The maximum Gasteiger partial charge on any atom is 0.411 e. The predicted octanol–water partition coefficient (Wildman–Crippen LogP) is 3.76. The highest BCUT2D eigenvalue weighted by atomic mass is 16.5. The highest BCUT2D eigenvalue weighted by molar-refractivity contribution is 5.96. The molecule has 1 amide bonds. The number of fused-ring (bicyclic) bond motifs is 1. The number of anilines is 2. The van der Waals surface area contributed by atoms with E-state index in [0.29, 0.717) is 27.9 Å². The van der Waals surface area contributed by atoms with E-state index in [1.807, 2.05) is 0 Å². The lowest BCUT2D eigenvalue weighted by molar-refractivity contribution is 0.0475. The fraction of sp³-hybridized carbons (Fsp3) is 0.190. The molecule has 0 aliphatic carbocycles. The molecule has 29 heavy (non-hydrogen) atoms. The van der Waals surface area contributed by atoms with Crippen LogP contribution in [-0.4, -0.2) is 25.7 Å². The number of esters is 1. The van der Waals surface area contributed by atoms with Crippen LogP contribution in [0.1, 0.15) is 22.8 Å². The van der Waals surface area contributed by atoms with Crippen molar-refractivity contribution in [2.24, 2.45) is 0 Å². The summed E-state index contributed by atoms with van der Waals surface area (Å²) in [6.45, 7) is 1.83. The molecule has 0 fully saturated rings. The number of amides is 1. The predicted molar refractivity (Wildman–Crippen MR) is 108 cm³/mol. The average Bonchev–Trinajstić information content (AvgIpc) is 2.71. The number of nitrogens with one attached hydrogen (secondary N) is 2. The zero-order chi connectivity index (χ0) is 20.8. The fourth-order valence-corrected chi connectivity index (χ4v) is 2.81. The van der Waals surface area contributed by atoms with Gasteiger partial charge in [-0.3, -0.25) is 5.32 Å². The van der Waals surface area contributed by atoms with Crippen LogP contribution < -0.4 is 16.3 Å². The largest absolute Gasteiger partial charge is 0.457 e. The van der Waals surface area contributed by atoms with Crippen molar-refractivity contribution in [3.05, 3.63) is 70.1 Å². The molecule has 1 heterocycles. The van der Waals surface area contributed by atoms with E-state index >= 15 is 0 Å². The van der Waals surface area contributed by atoms with E-state index in [1.54, 1.807) is 50.4 Å². The Bertz CT molecular complexity index is 1110. The Kier molecular flexibility index (Phi) is 6.13. The van der Waals surface area contributed by atoms with Gasteiger partial charge in [-0.25, -0.2) is 14.4 Å². The van der Waals surface area contributed by atoms with Crippen LogP contribution in [0.3, 0.4) is 0 Å². The molecular formula is C21H20N2O6. The highest BCUT2D eigenvalue weighted by Gasteiger charge is 2.14. The zero-order valence-electron chi connectivity index (χ0n) is 16.0. The molecule has 0 saturated heterocycles. The lowest BCUT2D eigenvalue weighted by Crippen LogP contribution is -2.13. The molecule has 0 bridgehead atoms. The minimum atomic E-state index is -0.609. The van der Waals surface area contributed by atoms with E-state index in [-0.39, 0.29) is 18.8 Å². The molecule has 1 aromatic heterocycles. The Morgan fingerprint density at radius 3 is 2.62 bits per heavy atom. The Morgan fingerprint density at radius 1 is 1.07 bits per heavy atom. The van der Waals surface area contributed by atoms with Crippen molar-refractivity contribution in [2.75, 3.05) is 24.3 Å². The van der Waals surface area contributed by atoms with Crippen molar-refractivity contribution in [1.82, 2.24) is 0 Å². The first-order valence-electron chi connectivity index (χ1n) is 8.96. The molecule has 0 atom stereocenters. The fourth-order valence-electron chi connectivity index (χ4n) is 2.81. The van der Waals surface area contributed by atoms with Gasteiger partial charge in [0.1, 0.15) is 12.2 Å². The van der Waals surface area contributed by atoms with Crippen LogP contribution >= 0.6 is 0 Å². The number of ether oxygens (including phenoxy) is 2. The minimum Gasteiger partial charge on any atom is -0.457 e. The molecule has 0 aliphatic heterocycles. The second-order valence-electron chi connectivity index (χ2n) is 6.02. The van der Waals surface area contributed by atoms with Gasteiger partial charge in [-0.05, 0) is 31.2 Å². The first-order valence-corrected chi connectivity index (χ1v) is 8.96. The molecule has 0 unspecified atom stereocenters. The summed E-state index contributed by atoms with van der Waals surface area (Å²) >= 11 is 0. The van der Waals surface area contributed by atoms with Gasteiger partial charge in [-0.2, -0.15) is 0 Å². The summed E-state index contributed by atoms with van der Waals surface area (Å²) in [5.74, 6) is -0.517. The van der Waals surface area contributed by atoms with Crippen LogP contribution in [0.5, 0.6) is 0 Å². The third-order valence-electron chi connectivity index (χ3n) is 4.13. The quantitative estimate of drug-likeness (QED) is 0.482. The second-order valence-corrected chi connectivity index (χ2v) is 6.02. The van der Waals surface area contributed by atoms with Crippen LogP contribution in [0, 0.1) is 0 Å². The molecule has 0 radical (unpaired) electrons. The first kappa shape index (κ1) is 19.9. The Labute approximate surface area is 166 Å². The summed E-state index contributed by atoms with van der Waals surface area (Å²) in [6.07, 6.45) is -0.609. The van der Waals surface area contributed by atoms with Gasteiger partial charge in [0.15, 0.2) is 0 Å². The number of para-hydroxylation sites is 1. The lowest BCUT2D eigenvalue weighted by Gasteiger charge is -2.11. The van der Waals surface area contributed by atoms with Crippen LogP contribution in [0.15, 0.2) is 57.7 Å². The maximum atomic E-state index is 12.4. The van der Waals surface area contributed by atoms with Gasteiger partial charge in [-0.15, -0.1) is 0 Å². The van der Waals surface area contributed by atoms with E-state index in [9.17, 15) is 14.4 Å². The van der Waals surface area contributed by atoms with Crippen LogP contribution in [-0.2, 0) is 16.1 Å². The number of carbonyl (C=O) groups excluding carboxylic acids is 2.